The zero-order valence-electron chi connectivity index (χ0n) is 8.98. The predicted molar refractivity (Wildman–Crippen MR) is 55.2 cm³/mol. The fraction of sp³-hybridized carbons (Fsp3) is 0.727. The van der Waals surface area contributed by atoms with E-state index in [0.29, 0.717) is 6.61 Å². The molecule has 86 valence electrons. The highest BCUT2D eigenvalue weighted by Gasteiger charge is 2.16. The molecule has 0 aromatic rings. The van der Waals surface area contributed by atoms with Gasteiger partial charge in [0.05, 0.1) is 12.7 Å². The van der Waals surface area contributed by atoms with Gasteiger partial charge in [0.25, 0.3) is 0 Å². The van der Waals surface area contributed by atoms with Crippen LogP contribution in [-0.2, 0) is 9.53 Å². The smallest absolute Gasteiger partial charge is 0.155 e. The van der Waals surface area contributed by atoms with Gasteiger partial charge in [0, 0.05) is 6.42 Å². The molecule has 0 spiro atoms. The molecule has 1 aliphatic rings. The van der Waals surface area contributed by atoms with Crippen LogP contribution in [0.15, 0.2) is 11.6 Å². The van der Waals surface area contributed by atoms with Crippen molar-refractivity contribution in [3.8, 4) is 0 Å². The summed E-state index contributed by atoms with van der Waals surface area (Å²) < 4.78 is 5.45. The van der Waals surface area contributed by atoms with Gasteiger partial charge in [-0.15, -0.1) is 0 Å². The first-order valence-electron chi connectivity index (χ1n) is 5.27. The summed E-state index contributed by atoms with van der Waals surface area (Å²) in [5.41, 5.74) is 0.886. The van der Waals surface area contributed by atoms with Crippen molar-refractivity contribution in [3.05, 3.63) is 11.6 Å². The molecular weight excluding hydrogens is 196 g/mol. The van der Waals surface area contributed by atoms with Crippen LogP contribution in [0, 0.1) is 0 Å². The van der Waals surface area contributed by atoms with Crippen LogP contribution in [0.25, 0.3) is 0 Å². The van der Waals surface area contributed by atoms with E-state index in [9.17, 15) is 4.79 Å². The Morgan fingerprint density at radius 3 is 2.87 bits per heavy atom. The summed E-state index contributed by atoms with van der Waals surface area (Å²) in [6, 6.07) is 0. The molecule has 0 saturated heterocycles. The van der Waals surface area contributed by atoms with E-state index in [1.165, 1.54) is 0 Å². The Kier molecular flexibility index (Phi) is 4.94. The number of carbonyl (C=O) groups is 1. The van der Waals surface area contributed by atoms with Gasteiger partial charge in [-0.3, -0.25) is 4.79 Å². The molecule has 0 aliphatic heterocycles. The van der Waals surface area contributed by atoms with Gasteiger partial charge in [-0.05, 0) is 31.8 Å². The highest BCUT2D eigenvalue weighted by molar-refractivity contribution is 5.93. The van der Waals surface area contributed by atoms with Crippen molar-refractivity contribution in [1.29, 1.82) is 0 Å². The van der Waals surface area contributed by atoms with E-state index >= 15 is 0 Å². The summed E-state index contributed by atoms with van der Waals surface area (Å²) in [5.74, 6) is 0.138. The standard InChI is InChI=1S/C11H18O4/c1-8(12)9-2-4-10(5-3-9)15-7-6-11(13)14/h2,10-11,13-14H,3-7H2,1H3. The Balaban J connectivity index is 2.23. The summed E-state index contributed by atoms with van der Waals surface area (Å²) in [6.45, 7) is 1.93. The first-order valence-corrected chi connectivity index (χ1v) is 5.27. The number of aliphatic hydroxyl groups excluding tert-OH is 1. The second kappa shape index (κ2) is 6.00. The van der Waals surface area contributed by atoms with Gasteiger partial charge in [0.1, 0.15) is 0 Å². The van der Waals surface area contributed by atoms with E-state index in [1.807, 2.05) is 6.08 Å². The molecule has 4 nitrogen and oxygen atoms in total. The normalized spacial score (nSPS) is 21.6. The van der Waals surface area contributed by atoms with Crippen molar-refractivity contribution in [1.82, 2.24) is 0 Å². The van der Waals surface area contributed by atoms with Crippen molar-refractivity contribution in [2.75, 3.05) is 6.61 Å². The Labute approximate surface area is 89.6 Å². The maximum atomic E-state index is 11.0. The first-order chi connectivity index (χ1) is 7.09. The van der Waals surface area contributed by atoms with Gasteiger partial charge < -0.3 is 14.9 Å². The molecule has 0 aromatic heterocycles. The SMILES string of the molecule is CC(=O)C1=CCC(OCCC(O)O)CC1. The molecule has 0 amide bonds. The third kappa shape index (κ3) is 4.55. The lowest BCUT2D eigenvalue weighted by molar-refractivity contribution is -0.114. The number of allylic oxidation sites excluding steroid dienone is 1. The van der Waals surface area contributed by atoms with Crippen molar-refractivity contribution < 1.29 is 19.7 Å². The lowest BCUT2D eigenvalue weighted by Crippen LogP contribution is -2.20. The lowest BCUT2D eigenvalue weighted by Gasteiger charge is -2.21. The number of aliphatic hydroxyl groups is 2. The average molecular weight is 214 g/mol. The number of ether oxygens (including phenoxy) is 1. The maximum absolute atomic E-state index is 11.0. The van der Waals surface area contributed by atoms with Crippen molar-refractivity contribution in [3.63, 3.8) is 0 Å². The van der Waals surface area contributed by atoms with Gasteiger partial charge in [-0.25, -0.2) is 0 Å². The van der Waals surface area contributed by atoms with Gasteiger partial charge in [0.15, 0.2) is 12.1 Å². The molecule has 0 bridgehead atoms. The van der Waals surface area contributed by atoms with Crippen LogP contribution in [0.2, 0.25) is 0 Å². The van der Waals surface area contributed by atoms with Gasteiger partial charge in [-0.1, -0.05) is 6.08 Å². The molecule has 0 saturated carbocycles. The minimum absolute atomic E-state index is 0.117. The Hall–Kier alpha value is -0.710. The summed E-state index contributed by atoms with van der Waals surface area (Å²) in [4.78, 5) is 11.0. The summed E-state index contributed by atoms with van der Waals surface area (Å²) >= 11 is 0. The molecule has 1 unspecified atom stereocenters. The number of hydrogen-bond donors (Lipinski definition) is 2. The Bertz CT molecular complexity index is 245. The summed E-state index contributed by atoms with van der Waals surface area (Å²) in [5, 5.41) is 17.2. The van der Waals surface area contributed by atoms with Crippen LogP contribution in [0.1, 0.15) is 32.6 Å². The largest absolute Gasteiger partial charge is 0.378 e. The second-order valence-electron chi connectivity index (χ2n) is 3.82. The summed E-state index contributed by atoms with van der Waals surface area (Å²) in [6.07, 6.45) is 3.33. The molecule has 0 fully saturated rings. The lowest BCUT2D eigenvalue weighted by atomic mass is 9.95. The minimum Gasteiger partial charge on any atom is -0.378 e. The third-order valence-electron chi connectivity index (χ3n) is 2.54. The molecular formula is C11H18O4. The first kappa shape index (κ1) is 12.4. The van der Waals surface area contributed by atoms with Crippen LogP contribution in [0.5, 0.6) is 0 Å². The maximum Gasteiger partial charge on any atom is 0.155 e. The van der Waals surface area contributed by atoms with E-state index in [1.54, 1.807) is 6.92 Å². The Morgan fingerprint density at radius 2 is 2.40 bits per heavy atom. The van der Waals surface area contributed by atoms with Gasteiger partial charge in [-0.2, -0.15) is 0 Å². The van der Waals surface area contributed by atoms with Gasteiger partial charge in [0.2, 0.25) is 0 Å². The number of rotatable bonds is 5. The number of carbonyl (C=O) groups excluding carboxylic acids is 1. The molecule has 2 N–H and O–H groups in total. The quantitative estimate of drug-likeness (QED) is 0.663. The monoisotopic (exact) mass is 214 g/mol. The topological polar surface area (TPSA) is 66.8 Å². The molecule has 0 heterocycles. The van der Waals surface area contributed by atoms with Crippen LogP contribution in [0.3, 0.4) is 0 Å². The highest BCUT2D eigenvalue weighted by Crippen LogP contribution is 2.21. The van der Waals surface area contributed by atoms with Crippen LogP contribution >= 0.6 is 0 Å². The van der Waals surface area contributed by atoms with E-state index in [2.05, 4.69) is 0 Å². The van der Waals surface area contributed by atoms with E-state index in [0.717, 1.165) is 24.8 Å². The number of ketones is 1. The zero-order valence-corrected chi connectivity index (χ0v) is 8.98. The number of hydrogen-bond acceptors (Lipinski definition) is 4. The average Bonchev–Trinajstić information content (AvgIpc) is 2.18. The molecule has 15 heavy (non-hydrogen) atoms. The van der Waals surface area contributed by atoms with Crippen molar-refractivity contribution in [2.24, 2.45) is 0 Å². The zero-order chi connectivity index (χ0) is 11.3. The van der Waals surface area contributed by atoms with E-state index in [4.69, 9.17) is 14.9 Å². The fourth-order valence-corrected chi connectivity index (χ4v) is 1.62. The van der Waals surface area contributed by atoms with E-state index < -0.39 is 6.29 Å². The van der Waals surface area contributed by atoms with E-state index in [-0.39, 0.29) is 18.3 Å². The van der Waals surface area contributed by atoms with Crippen LogP contribution in [-0.4, -0.2) is 35.0 Å². The molecule has 4 heteroatoms. The van der Waals surface area contributed by atoms with Crippen molar-refractivity contribution >= 4 is 5.78 Å². The van der Waals surface area contributed by atoms with Gasteiger partial charge >= 0.3 is 0 Å². The molecule has 1 atom stereocenters. The number of Topliss-reactive ketones (excluding diaryl/α,β-unsaturated/α-hetero) is 1. The van der Waals surface area contributed by atoms with Crippen LogP contribution in [0.4, 0.5) is 0 Å². The molecule has 0 aromatic carbocycles. The second-order valence-corrected chi connectivity index (χ2v) is 3.82. The fourth-order valence-electron chi connectivity index (χ4n) is 1.62. The highest BCUT2D eigenvalue weighted by atomic mass is 16.5. The molecule has 0 radical (unpaired) electrons. The van der Waals surface area contributed by atoms with Crippen LogP contribution < -0.4 is 0 Å². The third-order valence-corrected chi connectivity index (χ3v) is 2.54. The molecule has 1 rings (SSSR count). The van der Waals surface area contributed by atoms with Crippen molar-refractivity contribution in [2.45, 2.75) is 45.0 Å². The predicted octanol–water partition coefficient (Wildman–Crippen LogP) is 0.772. The Morgan fingerprint density at radius 1 is 1.67 bits per heavy atom. The molecule has 1 aliphatic carbocycles. The minimum atomic E-state index is -1.29. The summed E-state index contributed by atoms with van der Waals surface area (Å²) in [7, 11) is 0.